The summed E-state index contributed by atoms with van der Waals surface area (Å²) >= 11 is 0. The third kappa shape index (κ3) is 1.78. The van der Waals surface area contributed by atoms with Gasteiger partial charge in [-0.3, -0.25) is 4.79 Å². The van der Waals surface area contributed by atoms with Crippen LogP contribution in [-0.4, -0.2) is 24.9 Å². The van der Waals surface area contributed by atoms with Crippen LogP contribution < -0.4 is 5.73 Å². The third-order valence-electron chi connectivity index (χ3n) is 0.285. The van der Waals surface area contributed by atoms with Gasteiger partial charge in [-0.1, -0.05) is 0 Å². The minimum Gasteiger partial charge on any atom is -0.481 e. The van der Waals surface area contributed by atoms with Gasteiger partial charge in [-0.2, -0.15) is 0 Å². The largest absolute Gasteiger partial charge is 0.481 e. The topological polar surface area (TPSA) is 63.3 Å². The summed E-state index contributed by atoms with van der Waals surface area (Å²) in [5.74, 6) is -2.42. The number of hydrogen-bond donors (Lipinski definition) is 2. The molecule has 2 radical (unpaired) electrons. The van der Waals surface area contributed by atoms with Gasteiger partial charge in [0.25, 0.3) is 0 Å². The number of rotatable bonds is 1. The van der Waals surface area contributed by atoms with Crippen LogP contribution in [0, 0.1) is 0 Å². The van der Waals surface area contributed by atoms with Gasteiger partial charge in [0.2, 0.25) is 0 Å². The molecule has 0 amide bonds. The van der Waals surface area contributed by atoms with Gasteiger partial charge in [0.05, 0.1) is 5.94 Å². The van der Waals surface area contributed by atoms with Crippen molar-refractivity contribution in [2.45, 2.75) is 5.94 Å². The second-order valence-corrected chi connectivity index (χ2v) is 0.864. The first kappa shape index (κ1) is 5.49. The lowest BCUT2D eigenvalue weighted by Crippen LogP contribution is -2.29. The van der Waals surface area contributed by atoms with Crippen molar-refractivity contribution in [1.82, 2.24) is 0 Å². The number of carboxylic acid groups (broad SMARTS) is 1. The van der Waals surface area contributed by atoms with Crippen LogP contribution in [0.4, 0.5) is 0 Å². The standard InChI is InChI=1S/C2H4BNO2/c3-1(4)2(5)6/h1H,4H2,(H,5,6). The SMILES string of the molecule is [B]C(N)C(=O)O. The Morgan fingerprint density at radius 3 is 2.17 bits per heavy atom. The van der Waals surface area contributed by atoms with Gasteiger partial charge >= 0.3 is 5.97 Å². The zero-order valence-corrected chi connectivity index (χ0v) is 3.09. The highest BCUT2D eigenvalue weighted by atomic mass is 16.4. The quantitative estimate of drug-likeness (QED) is 0.382. The van der Waals surface area contributed by atoms with Crippen molar-refractivity contribution in [1.29, 1.82) is 0 Å². The first-order chi connectivity index (χ1) is 2.64. The molecule has 0 aromatic heterocycles. The van der Waals surface area contributed by atoms with Gasteiger partial charge in [-0.15, -0.1) is 0 Å². The fraction of sp³-hybridized carbons (Fsp3) is 0.500. The normalized spacial score (nSPS) is 13.5. The number of aliphatic carboxylic acids is 1. The first-order valence-electron chi connectivity index (χ1n) is 1.38. The minimum atomic E-state index is -1.23. The van der Waals surface area contributed by atoms with Gasteiger partial charge < -0.3 is 10.8 Å². The van der Waals surface area contributed by atoms with Crippen molar-refractivity contribution in [2.75, 3.05) is 0 Å². The fourth-order valence-electron chi connectivity index (χ4n) is 0. The van der Waals surface area contributed by atoms with Crippen LogP contribution in [-0.2, 0) is 4.79 Å². The van der Waals surface area contributed by atoms with E-state index in [2.05, 4.69) is 13.6 Å². The smallest absolute Gasteiger partial charge is 0.310 e. The van der Waals surface area contributed by atoms with Crippen LogP contribution in [0.1, 0.15) is 0 Å². The minimum absolute atomic E-state index is 1.19. The fourth-order valence-corrected chi connectivity index (χ4v) is 0. The Morgan fingerprint density at radius 2 is 2.17 bits per heavy atom. The van der Waals surface area contributed by atoms with Crippen molar-refractivity contribution in [3.63, 3.8) is 0 Å². The first-order valence-corrected chi connectivity index (χ1v) is 1.38. The lowest BCUT2D eigenvalue weighted by molar-refractivity contribution is -0.136. The summed E-state index contributed by atoms with van der Waals surface area (Å²) in [5.41, 5.74) is 4.61. The van der Waals surface area contributed by atoms with E-state index in [-0.39, 0.29) is 0 Å². The van der Waals surface area contributed by atoms with E-state index in [0.29, 0.717) is 0 Å². The molecule has 0 spiro atoms. The summed E-state index contributed by atoms with van der Waals surface area (Å²) in [6.07, 6.45) is 0. The molecule has 0 aliphatic carbocycles. The van der Waals surface area contributed by atoms with E-state index >= 15 is 0 Å². The Morgan fingerprint density at radius 1 is 2.00 bits per heavy atom. The molecule has 0 rings (SSSR count). The maximum Gasteiger partial charge on any atom is 0.310 e. The third-order valence-corrected chi connectivity index (χ3v) is 0.285. The zero-order chi connectivity index (χ0) is 5.15. The van der Waals surface area contributed by atoms with Crippen LogP contribution in [0.25, 0.3) is 0 Å². The highest BCUT2D eigenvalue weighted by Crippen LogP contribution is 1.61. The van der Waals surface area contributed by atoms with Crippen molar-refractivity contribution in [3.05, 3.63) is 0 Å². The molecule has 3 N–H and O–H groups in total. The molecule has 0 aliphatic rings. The van der Waals surface area contributed by atoms with Crippen LogP contribution in [0.3, 0.4) is 0 Å². The molecule has 0 saturated heterocycles. The van der Waals surface area contributed by atoms with E-state index in [1.807, 2.05) is 0 Å². The summed E-state index contributed by atoms with van der Waals surface area (Å²) < 4.78 is 0. The van der Waals surface area contributed by atoms with E-state index in [9.17, 15) is 4.79 Å². The molecule has 0 aromatic rings. The number of hydrogen-bond acceptors (Lipinski definition) is 2. The maximum atomic E-state index is 9.45. The average Bonchev–Trinajstić information content (AvgIpc) is 1.36. The molecular formula is C2H4BNO2. The molecule has 3 nitrogen and oxygen atoms in total. The Bertz CT molecular complexity index is 62.6. The van der Waals surface area contributed by atoms with Crippen LogP contribution in [0.5, 0.6) is 0 Å². The van der Waals surface area contributed by atoms with E-state index in [1.54, 1.807) is 0 Å². The summed E-state index contributed by atoms with van der Waals surface area (Å²) in [7, 11) is 4.61. The summed E-state index contributed by atoms with van der Waals surface area (Å²) in [4.78, 5) is 9.45. The summed E-state index contributed by atoms with van der Waals surface area (Å²) in [6, 6.07) is 0. The van der Waals surface area contributed by atoms with Crippen molar-refractivity contribution >= 4 is 13.8 Å². The lowest BCUT2D eigenvalue weighted by atomic mass is 9.99. The van der Waals surface area contributed by atoms with E-state index in [4.69, 9.17) is 5.11 Å². The summed E-state index contributed by atoms with van der Waals surface area (Å²) in [5, 5.41) is 7.74. The van der Waals surface area contributed by atoms with Gasteiger partial charge in [0.1, 0.15) is 7.85 Å². The van der Waals surface area contributed by atoms with Gasteiger partial charge in [0.15, 0.2) is 0 Å². The molecule has 32 valence electrons. The van der Waals surface area contributed by atoms with E-state index in [0.717, 1.165) is 0 Å². The molecule has 0 aliphatic heterocycles. The number of carboxylic acids is 1. The van der Waals surface area contributed by atoms with Crippen molar-refractivity contribution in [3.8, 4) is 0 Å². The zero-order valence-electron chi connectivity index (χ0n) is 3.09. The number of carbonyl (C=O) groups is 1. The van der Waals surface area contributed by atoms with E-state index in [1.165, 1.54) is 0 Å². The Hall–Kier alpha value is -0.505. The second kappa shape index (κ2) is 1.82. The lowest BCUT2D eigenvalue weighted by Gasteiger charge is -1.90. The highest BCUT2D eigenvalue weighted by molar-refractivity contribution is 6.22. The van der Waals surface area contributed by atoms with Gasteiger partial charge in [0, 0.05) is 0 Å². The highest BCUT2D eigenvalue weighted by Gasteiger charge is 1.99. The molecule has 1 unspecified atom stereocenters. The van der Waals surface area contributed by atoms with Gasteiger partial charge in [-0.05, 0) is 0 Å². The Balaban J connectivity index is 3.26. The number of nitrogens with two attached hydrogens (primary N) is 1. The predicted octanol–water partition coefficient (Wildman–Crippen LogP) is -1.48. The molecule has 0 bridgehead atoms. The van der Waals surface area contributed by atoms with Crippen LogP contribution in [0.2, 0.25) is 0 Å². The molecule has 4 heteroatoms. The monoisotopic (exact) mass is 85.0 g/mol. The van der Waals surface area contributed by atoms with Crippen molar-refractivity contribution in [2.24, 2.45) is 5.73 Å². The van der Waals surface area contributed by atoms with Crippen molar-refractivity contribution < 1.29 is 9.90 Å². The Kier molecular flexibility index (Phi) is 1.67. The summed E-state index contributed by atoms with van der Waals surface area (Å²) in [6.45, 7) is 0. The maximum absolute atomic E-state index is 9.45. The molecule has 0 saturated carbocycles. The predicted molar refractivity (Wildman–Crippen MR) is 21.4 cm³/mol. The average molecular weight is 84.9 g/mol. The Labute approximate surface area is 36.6 Å². The van der Waals surface area contributed by atoms with Crippen LogP contribution in [0.15, 0.2) is 0 Å². The van der Waals surface area contributed by atoms with E-state index < -0.39 is 11.9 Å². The molecule has 6 heavy (non-hydrogen) atoms. The molecule has 1 atom stereocenters. The van der Waals surface area contributed by atoms with Gasteiger partial charge in [-0.25, -0.2) is 0 Å². The molecule has 0 aromatic carbocycles. The molecule has 0 fully saturated rings. The van der Waals surface area contributed by atoms with Crippen LogP contribution >= 0.6 is 0 Å². The second-order valence-electron chi connectivity index (χ2n) is 0.864. The molecular weight excluding hydrogens is 80.8 g/mol. The molecule has 0 heterocycles.